The van der Waals surface area contributed by atoms with Gasteiger partial charge in [-0.15, -0.1) is 0 Å². The third kappa shape index (κ3) is 7.72. The number of imidazole rings is 2. The minimum Gasteiger partial charge on any atom is -0.397 e. The number of benzene rings is 4. The molecule has 2 saturated carbocycles. The highest BCUT2D eigenvalue weighted by molar-refractivity contribution is 5.97. The first-order valence-electron chi connectivity index (χ1n) is 20.0. The second-order valence-electron chi connectivity index (χ2n) is 15.4. The molecule has 0 radical (unpaired) electrons. The van der Waals surface area contributed by atoms with Crippen LogP contribution in [-0.2, 0) is 0 Å². The van der Waals surface area contributed by atoms with Crippen LogP contribution in [0.15, 0.2) is 101 Å². The average Bonchev–Trinajstić information content (AvgIpc) is 4.11. The van der Waals surface area contributed by atoms with Gasteiger partial charge in [0.15, 0.2) is 0 Å². The van der Waals surface area contributed by atoms with Crippen molar-refractivity contribution in [1.82, 2.24) is 30.2 Å². The number of aliphatic hydroxyl groups is 1. The highest BCUT2D eigenvalue weighted by Crippen LogP contribution is 2.43. The summed E-state index contributed by atoms with van der Waals surface area (Å²) in [4.78, 5) is 17.1. The second-order valence-corrected chi connectivity index (χ2v) is 15.4. The van der Waals surface area contributed by atoms with Crippen LogP contribution in [0.1, 0.15) is 114 Å². The van der Waals surface area contributed by atoms with E-state index in [1.807, 2.05) is 45.9 Å². The quantitative estimate of drug-likeness (QED) is 0.141. The number of aryl methyl sites for hydroxylation is 4. The lowest BCUT2D eigenvalue weighted by Gasteiger charge is -2.15. The lowest BCUT2D eigenvalue weighted by atomic mass is 9.89. The largest absolute Gasteiger partial charge is 0.397 e. The summed E-state index contributed by atoms with van der Waals surface area (Å²) in [6.45, 7) is 16.5. The normalized spacial score (nSPS) is 14.2. The minimum atomic E-state index is 0.250. The average molecular weight is 759 g/mol. The number of aromatic amines is 2. The van der Waals surface area contributed by atoms with Crippen molar-refractivity contribution in [2.45, 2.75) is 85.0 Å². The van der Waals surface area contributed by atoms with Crippen LogP contribution in [0.5, 0.6) is 0 Å². The Labute approximate surface area is 333 Å². The summed E-state index contributed by atoms with van der Waals surface area (Å²) in [5.74, 6) is 5.31. The first-order valence-corrected chi connectivity index (χ1v) is 20.0. The first-order chi connectivity index (χ1) is 27.6. The van der Waals surface area contributed by atoms with E-state index in [-0.39, 0.29) is 12.5 Å². The molecular weight excluding hydrogens is 709 g/mol. The number of aliphatic hydroxyl groups excluding tert-OH is 1. The number of H-pyrrole nitrogens is 2. The molecular formula is C48H50N6O3. The van der Waals surface area contributed by atoms with Gasteiger partial charge in [0.1, 0.15) is 23.2 Å². The topological polar surface area (TPSA) is 130 Å². The molecule has 2 aliphatic rings. The maximum Gasteiger partial charge on any atom is 0.141 e. The van der Waals surface area contributed by atoms with Gasteiger partial charge in [0.05, 0.1) is 33.5 Å². The molecule has 0 aliphatic heterocycles. The van der Waals surface area contributed by atoms with E-state index in [9.17, 15) is 0 Å². The fourth-order valence-corrected chi connectivity index (χ4v) is 7.76. The summed E-state index contributed by atoms with van der Waals surface area (Å²) in [7, 11) is 0. The van der Waals surface area contributed by atoms with E-state index in [1.54, 1.807) is 6.92 Å². The molecule has 1 unspecified atom stereocenters. The number of nitrogens with one attached hydrogen (secondary N) is 2. The zero-order valence-corrected chi connectivity index (χ0v) is 33.6. The van der Waals surface area contributed by atoms with Gasteiger partial charge in [-0.3, -0.25) is 0 Å². The number of hydrogen-bond donors (Lipinski definition) is 3. The minimum absolute atomic E-state index is 0.250. The summed E-state index contributed by atoms with van der Waals surface area (Å²) in [6, 6.07) is 29.7. The molecule has 1 atom stereocenters. The predicted molar refractivity (Wildman–Crippen MR) is 227 cm³/mol. The highest BCUT2D eigenvalue weighted by atomic mass is 16.5. The van der Waals surface area contributed by atoms with E-state index >= 15 is 0 Å². The van der Waals surface area contributed by atoms with Crippen LogP contribution < -0.4 is 0 Å². The van der Waals surface area contributed by atoms with E-state index < -0.39 is 0 Å². The molecule has 2 fully saturated rings. The Hall–Kier alpha value is -6.06. The predicted octanol–water partition coefficient (Wildman–Crippen LogP) is 11.6. The number of fused-ring (bicyclic) bond motifs is 2. The molecule has 9 heteroatoms. The van der Waals surface area contributed by atoms with Gasteiger partial charge in [0.2, 0.25) is 0 Å². The molecule has 4 aromatic carbocycles. The third-order valence-electron chi connectivity index (χ3n) is 11.0. The Bertz CT molecular complexity index is 2640. The molecule has 9 nitrogen and oxygen atoms in total. The van der Waals surface area contributed by atoms with Gasteiger partial charge in [-0.25, -0.2) is 9.97 Å². The molecule has 4 aromatic heterocycles. The van der Waals surface area contributed by atoms with E-state index in [4.69, 9.17) is 24.1 Å². The molecule has 4 heterocycles. The highest BCUT2D eigenvalue weighted by Gasteiger charge is 2.29. The Morgan fingerprint density at radius 2 is 1.19 bits per heavy atom. The van der Waals surface area contributed by atoms with Crippen molar-refractivity contribution in [2.24, 2.45) is 0 Å². The Morgan fingerprint density at radius 3 is 1.68 bits per heavy atom. The van der Waals surface area contributed by atoms with Crippen molar-refractivity contribution >= 4 is 27.6 Å². The molecule has 57 heavy (non-hydrogen) atoms. The van der Waals surface area contributed by atoms with Crippen molar-refractivity contribution in [2.75, 3.05) is 6.61 Å². The summed E-state index contributed by atoms with van der Waals surface area (Å²) in [5.41, 5.74) is 16.1. The fraction of sp³-hybridized carbons (Fsp3) is 0.292. The van der Waals surface area contributed by atoms with E-state index in [1.165, 1.54) is 36.8 Å². The van der Waals surface area contributed by atoms with Gasteiger partial charge < -0.3 is 24.1 Å². The molecule has 0 bridgehead atoms. The maximum absolute atomic E-state index is 7.57. The molecule has 0 spiro atoms. The molecule has 3 N–H and O–H groups in total. The summed E-state index contributed by atoms with van der Waals surface area (Å²) >= 11 is 0. The van der Waals surface area contributed by atoms with Crippen LogP contribution in [0.25, 0.3) is 49.9 Å². The molecule has 0 saturated heterocycles. The molecule has 10 rings (SSSR count). The maximum atomic E-state index is 7.57. The lowest BCUT2D eigenvalue weighted by Crippen LogP contribution is -1.98. The third-order valence-corrected chi connectivity index (χ3v) is 11.0. The van der Waals surface area contributed by atoms with Crippen molar-refractivity contribution in [3.8, 4) is 22.3 Å². The SMILES string of the molecule is C=C(c1ccccc1)c1cc(-c2c(C)noc2C)cc2[nH]c(C3CC3)nc12.CCO.Cc1noc(C)c1-c1cc(C(C)c2ccccc2)c2nc(C3CC3)[nH]c2c1. The number of hydrogen-bond acceptors (Lipinski definition) is 7. The van der Waals surface area contributed by atoms with Gasteiger partial charge in [-0.05, 0) is 118 Å². The van der Waals surface area contributed by atoms with Crippen molar-refractivity contribution in [3.63, 3.8) is 0 Å². The van der Waals surface area contributed by atoms with Gasteiger partial charge in [0.25, 0.3) is 0 Å². The van der Waals surface area contributed by atoms with Crippen LogP contribution in [0.2, 0.25) is 0 Å². The monoisotopic (exact) mass is 758 g/mol. The molecule has 8 aromatic rings. The van der Waals surface area contributed by atoms with E-state index in [2.05, 4.69) is 101 Å². The number of nitrogens with zero attached hydrogens (tertiary/aromatic N) is 4. The first kappa shape index (κ1) is 37.8. The van der Waals surface area contributed by atoms with E-state index in [0.29, 0.717) is 11.8 Å². The zero-order valence-electron chi connectivity index (χ0n) is 33.6. The Kier molecular flexibility index (Phi) is 10.5. The molecule has 0 amide bonds. The van der Waals surface area contributed by atoms with Crippen molar-refractivity contribution in [3.05, 3.63) is 148 Å². The zero-order chi connectivity index (χ0) is 39.8. The van der Waals surface area contributed by atoms with Crippen LogP contribution in [0, 0.1) is 27.7 Å². The molecule has 2 aliphatic carbocycles. The summed E-state index contributed by atoms with van der Waals surface area (Å²) in [6.07, 6.45) is 4.90. The van der Waals surface area contributed by atoms with Crippen molar-refractivity contribution in [1.29, 1.82) is 0 Å². The van der Waals surface area contributed by atoms with Gasteiger partial charge in [0, 0.05) is 41.1 Å². The summed E-state index contributed by atoms with van der Waals surface area (Å²) in [5, 5.41) is 15.8. The van der Waals surface area contributed by atoms with E-state index in [0.717, 1.165) is 95.6 Å². The smallest absolute Gasteiger partial charge is 0.141 e. The van der Waals surface area contributed by atoms with Crippen LogP contribution >= 0.6 is 0 Å². The second kappa shape index (κ2) is 15.8. The number of rotatable bonds is 8. The van der Waals surface area contributed by atoms with Gasteiger partial charge in [-0.2, -0.15) is 0 Å². The van der Waals surface area contributed by atoms with Crippen LogP contribution in [0.3, 0.4) is 0 Å². The van der Waals surface area contributed by atoms with Gasteiger partial charge >= 0.3 is 0 Å². The lowest BCUT2D eigenvalue weighted by molar-refractivity contribution is 0.318. The summed E-state index contributed by atoms with van der Waals surface area (Å²) < 4.78 is 10.8. The Balaban J connectivity index is 0.000000150. The van der Waals surface area contributed by atoms with Crippen molar-refractivity contribution < 1.29 is 14.2 Å². The molecule has 290 valence electrons. The standard InChI is InChI=1S/C23H23N3O.C23H21N3O.C2H6O/c2*1-13(16-7-5-4-6-8-16)19-11-18(21-14(2)26-27-15(21)3)12-20-22(19)25-23(24-20)17-9-10-17;1-2-3/h4-8,11-13,17H,9-10H2,1-3H3,(H,24,25);4-8,11-12,17H,1,9-10H2,2-3H3,(H,24,25);3H,2H2,1H3. The fourth-order valence-electron chi connectivity index (χ4n) is 7.76. The van der Waals surface area contributed by atoms with Crippen LogP contribution in [0.4, 0.5) is 0 Å². The Morgan fingerprint density at radius 1 is 0.719 bits per heavy atom. The number of aromatic nitrogens is 6. The van der Waals surface area contributed by atoms with Crippen LogP contribution in [-0.4, -0.2) is 42.0 Å². The van der Waals surface area contributed by atoms with Gasteiger partial charge in [-0.1, -0.05) is 84.5 Å².